The molecule has 1 aliphatic heterocycles. The van der Waals surface area contributed by atoms with Crippen LogP contribution in [0.1, 0.15) is 10.4 Å². The number of hydrogen-bond acceptors (Lipinski definition) is 6. The summed E-state index contributed by atoms with van der Waals surface area (Å²) in [6.07, 6.45) is 0. The number of hydrogen-bond donors (Lipinski definition) is 4. The first-order chi connectivity index (χ1) is 11.5. The fourth-order valence-corrected chi connectivity index (χ4v) is 2.38. The van der Waals surface area contributed by atoms with E-state index in [1.54, 1.807) is 12.1 Å². The van der Waals surface area contributed by atoms with Crippen LogP contribution in [0.25, 0.3) is 0 Å². The second-order valence-corrected chi connectivity index (χ2v) is 5.17. The molecule has 0 saturated carbocycles. The molecular formula is C15H19N3O6. The molecule has 4 N–H and O–H groups in total. The van der Waals surface area contributed by atoms with E-state index >= 15 is 0 Å². The predicted octanol–water partition coefficient (Wildman–Crippen LogP) is 0.152. The van der Waals surface area contributed by atoms with E-state index in [0.29, 0.717) is 32.0 Å². The summed E-state index contributed by atoms with van der Waals surface area (Å²) in [6.45, 7) is 4.23. The molecule has 1 amide bonds. The average molecular weight is 337 g/mol. The monoisotopic (exact) mass is 337 g/mol. The number of nitrogens with zero attached hydrogens (tertiary/aromatic N) is 1. The zero-order valence-corrected chi connectivity index (χ0v) is 12.9. The van der Waals surface area contributed by atoms with Gasteiger partial charge in [-0.1, -0.05) is 6.07 Å². The van der Waals surface area contributed by atoms with Crippen molar-refractivity contribution in [3.63, 3.8) is 0 Å². The molecule has 1 aromatic rings. The lowest BCUT2D eigenvalue weighted by Crippen LogP contribution is -2.39. The van der Waals surface area contributed by atoms with Crippen LogP contribution in [-0.4, -0.2) is 72.4 Å². The van der Waals surface area contributed by atoms with Gasteiger partial charge in [-0.3, -0.25) is 9.69 Å². The number of carboxylic acids is 2. The normalized spacial score (nSPS) is 14.8. The van der Waals surface area contributed by atoms with Crippen molar-refractivity contribution in [2.45, 2.75) is 0 Å². The number of carboxylic acid groups (broad SMARTS) is 2. The average Bonchev–Trinajstić information content (AvgIpc) is 2.55. The van der Waals surface area contributed by atoms with Crippen molar-refractivity contribution in [2.24, 2.45) is 0 Å². The van der Waals surface area contributed by atoms with Crippen LogP contribution in [0.2, 0.25) is 0 Å². The second-order valence-electron chi connectivity index (χ2n) is 5.17. The van der Waals surface area contributed by atoms with Crippen molar-refractivity contribution >= 4 is 29.2 Å². The summed E-state index contributed by atoms with van der Waals surface area (Å²) in [5, 5.41) is 23.1. The molecule has 0 aromatic heterocycles. The molecule has 1 saturated heterocycles. The zero-order valence-electron chi connectivity index (χ0n) is 12.9. The van der Waals surface area contributed by atoms with Crippen LogP contribution in [0.15, 0.2) is 18.2 Å². The van der Waals surface area contributed by atoms with E-state index in [0.717, 1.165) is 13.1 Å². The third-order valence-electron chi connectivity index (χ3n) is 3.57. The molecule has 9 heteroatoms. The standard InChI is InChI=1S/C15H19N3O6/c19-13(15(22)23)17-11-3-1-2-10(12(11)14(20)21)16-4-5-18-6-8-24-9-7-18/h1-3,16H,4-9H2,(H,17,19)(H,20,21)(H,22,23). The van der Waals surface area contributed by atoms with Crippen molar-refractivity contribution in [3.05, 3.63) is 23.8 Å². The van der Waals surface area contributed by atoms with Gasteiger partial charge in [-0.25, -0.2) is 9.59 Å². The van der Waals surface area contributed by atoms with Crippen LogP contribution in [0, 0.1) is 0 Å². The maximum Gasteiger partial charge on any atom is 0.394 e. The molecule has 1 heterocycles. The van der Waals surface area contributed by atoms with E-state index in [2.05, 4.69) is 15.5 Å². The minimum Gasteiger partial charge on any atom is -0.478 e. The highest BCUT2D eigenvalue weighted by Gasteiger charge is 2.20. The Morgan fingerprint density at radius 2 is 1.79 bits per heavy atom. The molecule has 130 valence electrons. The maximum atomic E-state index is 11.5. The van der Waals surface area contributed by atoms with Gasteiger partial charge in [0.1, 0.15) is 5.56 Å². The number of carbonyl (C=O) groups is 3. The molecule has 0 radical (unpaired) electrons. The Morgan fingerprint density at radius 3 is 2.42 bits per heavy atom. The first-order valence-electron chi connectivity index (χ1n) is 7.43. The maximum absolute atomic E-state index is 11.5. The third-order valence-corrected chi connectivity index (χ3v) is 3.57. The Morgan fingerprint density at radius 1 is 1.12 bits per heavy atom. The van der Waals surface area contributed by atoms with Crippen molar-refractivity contribution in [3.8, 4) is 0 Å². The molecule has 0 unspecified atom stereocenters. The van der Waals surface area contributed by atoms with Crippen molar-refractivity contribution in [2.75, 3.05) is 50.0 Å². The number of carbonyl (C=O) groups excluding carboxylic acids is 1. The minimum absolute atomic E-state index is 0.0636. The van der Waals surface area contributed by atoms with Crippen LogP contribution in [-0.2, 0) is 14.3 Å². The number of morpholine rings is 1. The van der Waals surface area contributed by atoms with Gasteiger partial charge >= 0.3 is 17.8 Å². The lowest BCUT2D eigenvalue weighted by molar-refractivity contribution is -0.147. The smallest absolute Gasteiger partial charge is 0.394 e. The molecule has 0 aliphatic carbocycles. The Bertz CT molecular complexity index is 628. The summed E-state index contributed by atoms with van der Waals surface area (Å²) in [5.74, 6) is -4.23. The van der Waals surface area contributed by atoms with Gasteiger partial charge < -0.3 is 25.6 Å². The Labute approximate surface area is 138 Å². The van der Waals surface area contributed by atoms with Crippen molar-refractivity contribution in [1.29, 1.82) is 0 Å². The summed E-state index contributed by atoms with van der Waals surface area (Å²) in [6, 6.07) is 4.46. The Kier molecular flexibility index (Phi) is 6.10. The Balaban J connectivity index is 2.06. The molecule has 24 heavy (non-hydrogen) atoms. The van der Waals surface area contributed by atoms with E-state index in [-0.39, 0.29) is 11.3 Å². The highest BCUT2D eigenvalue weighted by Crippen LogP contribution is 2.24. The number of anilines is 2. The largest absolute Gasteiger partial charge is 0.478 e. The van der Waals surface area contributed by atoms with Crippen LogP contribution in [0.5, 0.6) is 0 Å². The summed E-state index contributed by atoms with van der Waals surface area (Å²) < 4.78 is 5.26. The fourth-order valence-electron chi connectivity index (χ4n) is 2.38. The molecule has 1 aliphatic rings. The minimum atomic E-state index is -1.68. The number of benzene rings is 1. The number of rotatable bonds is 6. The summed E-state index contributed by atoms with van der Waals surface area (Å²) >= 11 is 0. The topological polar surface area (TPSA) is 128 Å². The molecule has 9 nitrogen and oxygen atoms in total. The van der Waals surface area contributed by atoms with Gasteiger partial charge in [0.2, 0.25) is 0 Å². The van der Waals surface area contributed by atoms with E-state index in [1.165, 1.54) is 6.07 Å². The van der Waals surface area contributed by atoms with Gasteiger partial charge in [0, 0.05) is 26.2 Å². The quantitative estimate of drug-likeness (QED) is 0.540. The van der Waals surface area contributed by atoms with E-state index < -0.39 is 17.8 Å². The van der Waals surface area contributed by atoms with Gasteiger partial charge in [0.25, 0.3) is 0 Å². The molecule has 0 atom stereocenters. The number of aliphatic carboxylic acids is 1. The van der Waals surface area contributed by atoms with Crippen molar-refractivity contribution < 1.29 is 29.3 Å². The molecule has 1 fully saturated rings. The first-order valence-corrected chi connectivity index (χ1v) is 7.43. The molecule has 2 rings (SSSR count). The van der Waals surface area contributed by atoms with Crippen LogP contribution in [0.3, 0.4) is 0 Å². The first kappa shape index (κ1) is 17.7. The summed E-state index contributed by atoms with van der Waals surface area (Å²) in [7, 11) is 0. The van der Waals surface area contributed by atoms with Crippen LogP contribution in [0.4, 0.5) is 11.4 Å². The van der Waals surface area contributed by atoms with E-state index in [4.69, 9.17) is 9.84 Å². The van der Waals surface area contributed by atoms with Gasteiger partial charge in [0.05, 0.1) is 24.6 Å². The van der Waals surface area contributed by atoms with Crippen LogP contribution >= 0.6 is 0 Å². The van der Waals surface area contributed by atoms with Crippen molar-refractivity contribution in [1.82, 2.24) is 4.90 Å². The summed E-state index contributed by atoms with van der Waals surface area (Å²) in [4.78, 5) is 35.6. The Hall–Kier alpha value is -2.65. The lowest BCUT2D eigenvalue weighted by Gasteiger charge is -2.26. The molecule has 1 aromatic carbocycles. The number of nitrogens with one attached hydrogen (secondary N) is 2. The van der Waals surface area contributed by atoms with Gasteiger partial charge in [0.15, 0.2) is 0 Å². The SMILES string of the molecule is O=C(O)C(=O)Nc1cccc(NCCN2CCOCC2)c1C(=O)O. The number of ether oxygens (including phenoxy) is 1. The van der Waals surface area contributed by atoms with Gasteiger partial charge in [-0.05, 0) is 12.1 Å². The number of amides is 1. The number of aromatic carboxylic acids is 1. The van der Waals surface area contributed by atoms with Gasteiger partial charge in [-0.15, -0.1) is 0 Å². The fraction of sp³-hybridized carbons (Fsp3) is 0.400. The second kappa shape index (κ2) is 8.27. The predicted molar refractivity (Wildman–Crippen MR) is 85.4 cm³/mol. The molecule has 0 spiro atoms. The van der Waals surface area contributed by atoms with E-state index in [1.807, 2.05) is 0 Å². The van der Waals surface area contributed by atoms with Gasteiger partial charge in [-0.2, -0.15) is 0 Å². The highest BCUT2D eigenvalue weighted by molar-refractivity contribution is 6.37. The zero-order chi connectivity index (χ0) is 17.5. The lowest BCUT2D eigenvalue weighted by atomic mass is 10.1. The highest BCUT2D eigenvalue weighted by atomic mass is 16.5. The van der Waals surface area contributed by atoms with Crippen LogP contribution < -0.4 is 10.6 Å². The third kappa shape index (κ3) is 4.67. The summed E-state index contributed by atoms with van der Waals surface area (Å²) in [5.41, 5.74) is 0.0827. The van der Waals surface area contributed by atoms with E-state index in [9.17, 15) is 19.5 Å². The molecule has 0 bridgehead atoms. The molecular weight excluding hydrogens is 318 g/mol.